The van der Waals surface area contributed by atoms with Crippen molar-refractivity contribution < 1.29 is 23.4 Å². The predicted molar refractivity (Wildman–Crippen MR) is 135 cm³/mol. The van der Waals surface area contributed by atoms with Crippen LogP contribution in [0.2, 0.25) is 0 Å². The van der Waals surface area contributed by atoms with Crippen LogP contribution in [0.3, 0.4) is 0 Å². The lowest BCUT2D eigenvalue weighted by molar-refractivity contribution is 0.0505. The van der Waals surface area contributed by atoms with Crippen molar-refractivity contribution in [1.29, 1.82) is 0 Å². The predicted octanol–water partition coefficient (Wildman–Crippen LogP) is 6.55. The van der Waals surface area contributed by atoms with E-state index >= 15 is 0 Å². The zero-order valence-electron chi connectivity index (χ0n) is 19.7. The molecule has 1 heterocycles. The molecule has 0 amide bonds. The fraction of sp³-hybridized carbons (Fsp3) is 0.172. The Hall–Kier alpha value is -4.32. The first kappa shape index (κ1) is 23.8. The van der Waals surface area contributed by atoms with Gasteiger partial charge in [-0.25, -0.2) is 4.79 Å². The molecular formula is C29H26O6. The lowest BCUT2D eigenvalue weighted by Crippen LogP contribution is -2.08. The molecular weight excluding hydrogens is 444 g/mol. The molecule has 0 radical (unpaired) electrons. The standard InChI is InChI=1S/C29H26O6/c1-3-17-33-29(31)22-11-13-23(14-12-22)35-28-20(2)34-26-19-24(15-16-25(26)27(28)30)32-18-7-10-21-8-5-4-6-9-21/h4-16,19H,3,17-18H2,1-2H3/b10-7+. The van der Waals surface area contributed by atoms with E-state index in [1.807, 2.05) is 49.4 Å². The monoisotopic (exact) mass is 470 g/mol. The number of esters is 1. The van der Waals surface area contributed by atoms with Crippen LogP contribution in [0.15, 0.2) is 88.1 Å². The molecule has 0 aliphatic heterocycles. The van der Waals surface area contributed by atoms with E-state index < -0.39 is 5.97 Å². The number of carbonyl (C=O) groups is 1. The second-order valence-electron chi connectivity index (χ2n) is 7.86. The first-order valence-corrected chi connectivity index (χ1v) is 11.4. The maximum atomic E-state index is 13.1. The highest BCUT2D eigenvalue weighted by Crippen LogP contribution is 2.27. The van der Waals surface area contributed by atoms with Gasteiger partial charge in [0.05, 0.1) is 17.6 Å². The minimum Gasteiger partial charge on any atom is -0.489 e. The van der Waals surface area contributed by atoms with Crippen molar-refractivity contribution in [2.45, 2.75) is 20.3 Å². The third-order valence-electron chi connectivity index (χ3n) is 5.19. The van der Waals surface area contributed by atoms with Gasteiger partial charge in [-0.1, -0.05) is 43.3 Å². The Bertz CT molecular complexity index is 1380. The van der Waals surface area contributed by atoms with Crippen molar-refractivity contribution in [1.82, 2.24) is 0 Å². The van der Waals surface area contributed by atoms with Crippen molar-refractivity contribution in [3.8, 4) is 17.2 Å². The molecule has 35 heavy (non-hydrogen) atoms. The van der Waals surface area contributed by atoms with Crippen LogP contribution in [0.25, 0.3) is 17.0 Å². The lowest BCUT2D eigenvalue weighted by atomic mass is 10.2. The van der Waals surface area contributed by atoms with Gasteiger partial charge in [0.25, 0.3) is 0 Å². The van der Waals surface area contributed by atoms with Crippen LogP contribution in [0.5, 0.6) is 17.2 Å². The number of benzene rings is 3. The molecule has 178 valence electrons. The average Bonchev–Trinajstić information content (AvgIpc) is 2.88. The summed E-state index contributed by atoms with van der Waals surface area (Å²) in [5, 5.41) is 0.387. The second-order valence-corrected chi connectivity index (χ2v) is 7.86. The summed E-state index contributed by atoms with van der Waals surface area (Å²) in [5.41, 5.74) is 1.64. The van der Waals surface area contributed by atoms with E-state index in [4.69, 9.17) is 18.6 Å². The number of carbonyl (C=O) groups excluding carboxylic acids is 1. The minimum atomic E-state index is -0.395. The third kappa shape index (κ3) is 5.98. The number of hydrogen-bond acceptors (Lipinski definition) is 6. The van der Waals surface area contributed by atoms with Crippen LogP contribution in [-0.4, -0.2) is 19.2 Å². The summed E-state index contributed by atoms with van der Waals surface area (Å²) in [6.07, 6.45) is 4.66. The van der Waals surface area contributed by atoms with Gasteiger partial charge in [0.2, 0.25) is 11.2 Å². The maximum absolute atomic E-state index is 13.1. The molecule has 4 rings (SSSR count). The van der Waals surface area contributed by atoms with Gasteiger partial charge >= 0.3 is 5.97 Å². The van der Waals surface area contributed by atoms with Gasteiger partial charge in [-0.05, 0) is 61.4 Å². The molecule has 0 aliphatic carbocycles. The number of fused-ring (bicyclic) bond motifs is 1. The zero-order chi connectivity index (χ0) is 24.6. The van der Waals surface area contributed by atoms with Gasteiger partial charge in [-0.2, -0.15) is 0 Å². The fourth-order valence-electron chi connectivity index (χ4n) is 3.42. The Morgan fingerprint density at radius 1 is 0.971 bits per heavy atom. The number of hydrogen-bond donors (Lipinski definition) is 0. The number of ether oxygens (including phenoxy) is 3. The SMILES string of the molecule is CCCOC(=O)c1ccc(Oc2c(C)oc3cc(OC/C=C/c4ccccc4)ccc3c2=O)cc1. The summed E-state index contributed by atoms with van der Waals surface area (Å²) >= 11 is 0. The van der Waals surface area contributed by atoms with Crippen LogP contribution in [-0.2, 0) is 4.74 Å². The summed E-state index contributed by atoms with van der Waals surface area (Å²) in [6.45, 7) is 4.35. The Balaban J connectivity index is 1.47. The molecule has 6 nitrogen and oxygen atoms in total. The van der Waals surface area contributed by atoms with E-state index in [0.717, 1.165) is 12.0 Å². The largest absolute Gasteiger partial charge is 0.489 e. The summed E-state index contributed by atoms with van der Waals surface area (Å²) < 4.78 is 22.6. The van der Waals surface area contributed by atoms with Gasteiger partial charge in [0.1, 0.15) is 29.4 Å². The lowest BCUT2D eigenvalue weighted by Gasteiger charge is -2.10. The Morgan fingerprint density at radius 2 is 1.71 bits per heavy atom. The van der Waals surface area contributed by atoms with Gasteiger partial charge in [-0.3, -0.25) is 4.79 Å². The molecule has 6 heteroatoms. The Morgan fingerprint density at radius 3 is 2.46 bits per heavy atom. The summed E-state index contributed by atoms with van der Waals surface area (Å²) in [6, 6.07) is 21.5. The quantitative estimate of drug-likeness (QED) is 0.258. The molecule has 0 saturated carbocycles. The molecule has 0 aliphatic rings. The average molecular weight is 471 g/mol. The molecule has 0 atom stereocenters. The molecule has 0 unspecified atom stereocenters. The molecule has 0 bridgehead atoms. The van der Waals surface area contributed by atoms with E-state index in [0.29, 0.717) is 47.0 Å². The van der Waals surface area contributed by atoms with Gasteiger partial charge in [-0.15, -0.1) is 0 Å². The van der Waals surface area contributed by atoms with Crippen molar-refractivity contribution >= 4 is 23.0 Å². The second kappa shape index (κ2) is 11.2. The van der Waals surface area contributed by atoms with Crippen molar-refractivity contribution in [2.75, 3.05) is 13.2 Å². The highest BCUT2D eigenvalue weighted by molar-refractivity contribution is 5.89. The third-order valence-corrected chi connectivity index (χ3v) is 5.19. The molecule has 0 saturated heterocycles. The van der Waals surface area contributed by atoms with E-state index in [2.05, 4.69) is 0 Å². The van der Waals surface area contributed by atoms with Crippen molar-refractivity contribution in [3.05, 3.63) is 106 Å². The van der Waals surface area contributed by atoms with Crippen LogP contribution in [0.1, 0.15) is 35.0 Å². The van der Waals surface area contributed by atoms with E-state index in [1.165, 1.54) is 0 Å². The van der Waals surface area contributed by atoms with Gasteiger partial charge in [0, 0.05) is 6.07 Å². The zero-order valence-corrected chi connectivity index (χ0v) is 19.7. The minimum absolute atomic E-state index is 0.0956. The summed E-state index contributed by atoms with van der Waals surface area (Å²) in [5.74, 6) is 1.05. The van der Waals surface area contributed by atoms with Crippen LogP contribution < -0.4 is 14.9 Å². The summed E-state index contributed by atoms with van der Waals surface area (Å²) in [4.78, 5) is 25.0. The Labute approximate surface area is 203 Å². The van der Waals surface area contributed by atoms with Gasteiger partial charge < -0.3 is 18.6 Å². The molecule has 3 aromatic carbocycles. The smallest absolute Gasteiger partial charge is 0.338 e. The van der Waals surface area contributed by atoms with Gasteiger partial charge in [0.15, 0.2) is 0 Å². The van der Waals surface area contributed by atoms with Crippen LogP contribution >= 0.6 is 0 Å². The van der Waals surface area contributed by atoms with E-state index in [-0.39, 0.29) is 11.2 Å². The Kier molecular flexibility index (Phi) is 7.63. The van der Waals surface area contributed by atoms with Crippen molar-refractivity contribution in [3.63, 3.8) is 0 Å². The van der Waals surface area contributed by atoms with Crippen LogP contribution in [0, 0.1) is 6.92 Å². The first-order chi connectivity index (χ1) is 17.0. The van der Waals surface area contributed by atoms with Crippen molar-refractivity contribution in [2.24, 2.45) is 0 Å². The first-order valence-electron chi connectivity index (χ1n) is 11.4. The molecule has 4 aromatic rings. The highest BCUT2D eigenvalue weighted by Gasteiger charge is 2.15. The fourth-order valence-corrected chi connectivity index (χ4v) is 3.42. The topological polar surface area (TPSA) is 75.0 Å². The molecule has 0 spiro atoms. The summed E-state index contributed by atoms with van der Waals surface area (Å²) in [7, 11) is 0. The molecule has 0 fully saturated rings. The molecule has 1 aromatic heterocycles. The number of rotatable bonds is 9. The van der Waals surface area contributed by atoms with E-state index in [1.54, 1.807) is 49.4 Å². The normalized spacial score (nSPS) is 11.0. The highest BCUT2D eigenvalue weighted by atomic mass is 16.5. The number of aryl methyl sites for hydroxylation is 1. The van der Waals surface area contributed by atoms with E-state index in [9.17, 15) is 9.59 Å². The maximum Gasteiger partial charge on any atom is 0.338 e. The molecule has 0 N–H and O–H groups in total. The van der Waals surface area contributed by atoms with Crippen LogP contribution in [0.4, 0.5) is 0 Å².